The van der Waals surface area contributed by atoms with Crippen LogP contribution in [0.15, 0.2) is 49.1 Å². The van der Waals surface area contributed by atoms with Crippen LogP contribution < -0.4 is 22.1 Å². The Bertz CT molecular complexity index is 1030. The molecule has 8 nitrogen and oxygen atoms in total. The maximum Gasteiger partial charge on any atom is 0.231 e. The molecule has 6 N–H and O–H groups in total. The summed E-state index contributed by atoms with van der Waals surface area (Å²) in [5.41, 5.74) is 11.6. The molecule has 0 saturated heterocycles. The Morgan fingerprint density at radius 3 is 1.71 bits per heavy atom. The highest BCUT2D eigenvalue weighted by Gasteiger charge is 2.61. The Balaban J connectivity index is 1.71. The van der Waals surface area contributed by atoms with E-state index in [0.29, 0.717) is 67.9 Å². The monoisotopic (exact) mass is 520 g/mol. The number of hydrogen-bond acceptors (Lipinski definition) is 6. The zero-order valence-corrected chi connectivity index (χ0v) is 22.7. The Hall–Kier alpha value is -2.84. The van der Waals surface area contributed by atoms with Crippen molar-refractivity contribution >= 4 is 23.2 Å². The second-order valence-electron chi connectivity index (χ2n) is 11.5. The van der Waals surface area contributed by atoms with Crippen LogP contribution in [-0.4, -0.2) is 34.9 Å². The predicted molar refractivity (Wildman–Crippen MR) is 151 cm³/mol. The van der Waals surface area contributed by atoms with Gasteiger partial charge in [0.1, 0.15) is 0 Å². The summed E-state index contributed by atoms with van der Waals surface area (Å²) in [6, 6.07) is 7.23. The molecule has 206 valence electrons. The van der Waals surface area contributed by atoms with Crippen LogP contribution in [0.1, 0.15) is 71.1 Å². The molecule has 0 aromatic carbocycles. The largest absolute Gasteiger partial charge is 0.330 e. The van der Waals surface area contributed by atoms with Crippen LogP contribution in [0.4, 0.5) is 11.4 Å². The molecule has 8 heteroatoms. The van der Waals surface area contributed by atoms with Gasteiger partial charge in [-0.2, -0.15) is 0 Å². The van der Waals surface area contributed by atoms with Gasteiger partial charge >= 0.3 is 0 Å². The van der Waals surface area contributed by atoms with Crippen molar-refractivity contribution in [3.05, 3.63) is 49.1 Å². The minimum absolute atomic E-state index is 0.0452. The lowest BCUT2D eigenvalue weighted by Gasteiger charge is -2.54. The van der Waals surface area contributed by atoms with Crippen LogP contribution >= 0.6 is 0 Å². The quantitative estimate of drug-likeness (QED) is 0.357. The highest BCUT2D eigenvalue weighted by atomic mass is 16.2. The molecule has 2 aromatic rings. The molecule has 2 amide bonds. The molecule has 2 heterocycles. The van der Waals surface area contributed by atoms with Crippen molar-refractivity contribution in [3.63, 3.8) is 0 Å². The topological polar surface area (TPSA) is 136 Å². The van der Waals surface area contributed by atoms with Crippen LogP contribution in [0.3, 0.4) is 0 Å². The fourth-order valence-corrected chi connectivity index (χ4v) is 6.98. The van der Waals surface area contributed by atoms with Gasteiger partial charge in [0.05, 0.1) is 10.8 Å². The number of aromatic nitrogens is 2. The molecule has 2 aliphatic rings. The summed E-state index contributed by atoms with van der Waals surface area (Å²) in [5, 5.41) is 6.37. The Kier molecular flexibility index (Phi) is 9.49. The van der Waals surface area contributed by atoms with E-state index < -0.39 is 10.8 Å². The Morgan fingerprint density at radius 2 is 1.29 bits per heavy atom. The van der Waals surface area contributed by atoms with E-state index in [1.807, 2.05) is 12.1 Å². The Labute approximate surface area is 226 Å². The number of carbonyl (C=O) groups excluding carboxylic acids is 2. The summed E-state index contributed by atoms with van der Waals surface area (Å²) in [4.78, 5) is 37.0. The average molecular weight is 521 g/mol. The molecule has 2 fully saturated rings. The van der Waals surface area contributed by atoms with E-state index in [2.05, 4.69) is 27.5 Å². The number of carbonyl (C=O) groups is 2. The molecule has 38 heavy (non-hydrogen) atoms. The van der Waals surface area contributed by atoms with Gasteiger partial charge in [0, 0.05) is 36.2 Å². The van der Waals surface area contributed by atoms with E-state index in [1.165, 1.54) is 0 Å². The maximum absolute atomic E-state index is 14.4. The van der Waals surface area contributed by atoms with Crippen LogP contribution in [0, 0.1) is 28.6 Å². The molecular formula is C30H44N6O2. The van der Waals surface area contributed by atoms with E-state index in [9.17, 15) is 9.59 Å². The van der Waals surface area contributed by atoms with Gasteiger partial charge in [-0.05, 0) is 119 Å². The third kappa shape index (κ3) is 5.91. The highest BCUT2D eigenvalue weighted by Crippen LogP contribution is 2.60. The minimum Gasteiger partial charge on any atom is -0.330 e. The summed E-state index contributed by atoms with van der Waals surface area (Å²) in [6.07, 6.45) is 15.2. The molecular weight excluding hydrogens is 476 g/mol. The van der Waals surface area contributed by atoms with Gasteiger partial charge in [0.15, 0.2) is 0 Å². The second-order valence-corrected chi connectivity index (χ2v) is 11.5. The number of nitrogens with one attached hydrogen (secondary N) is 2. The fourth-order valence-electron chi connectivity index (χ4n) is 6.98. The first kappa shape index (κ1) is 28.2. The molecule has 0 radical (unpaired) electrons. The first-order valence-electron chi connectivity index (χ1n) is 14.3. The SMILES string of the molecule is CC(CN)C1CCC(C(=O)Nc2ccncc2)(C2(C(=O)Nc3ccncc3)CCC(CCCN)CC2)CC1. The van der Waals surface area contributed by atoms with Gasteiger partial charge in [-0.1, -0.05) is 6.92 Å². The number of amides is 2. The second kappa shape index (κ2) is 12.8. The van der Waals surface area contributed by atoms with Crippen LogP contribution in [0.25, 0.3) is 0 Å². The molecule has 2 saturated carbocycles. The number of rotatable bonds is 10. The average Bonchev–Trinajstić information content (AvgIpc) is 2.97. The van der Waals surface area contributed by atoms with Crippen molar-refractivity contribution in [2.75, 3.05) is 23.7 Å². The number of nitrogens with zero attached hydrogens (tertiary/aromatic N) is 2. The number of pyridine rings is 2. The molecule has 1 atom stereocenters. The molecule has 4 rings (SSSR count). The van der Waals surface area contributed by atoms with Crippen molar-refractivity contribution in [1.29, 1.82) is 0 Å². The van der Waals surface area contributed by atoms with Crippen molar-refractivity contribution in [2.24, 2.45) is 40.1 Å². The van der Waals surface area contributed by atoms with Crippen LogP contribution in [-0.2, 0) is 9.59 Å². The summed E-state index contributed by atoms with van der Waals surface area (Å²) < 4.78 is 0. The van der Waals surface area contributed by atoms with Gasteiger partial charge in [0.25, 0.3) is 0 Å². The Morgan fingerprint density at radius 1 is 0.842 bits per heavy atom. The number of nitrogens with two attached hydrogens (primary N) is 2. The van der Waals surface area contributed by atoms with Gasteiger partial charge in [-0.25, -0.2) is 0 Å². The summed E-state index contributed by atoms with van der Waals surface area (Å²) in [7, 11) is 0. The normalized spacial score (nSPS) is 28.3. The van der Waals surface area contributed by atoms with Gasteiger partial charge in [0.2, 0.25) is 11.8 Å². The van der Waals surface area contributed by atoms with Gasteiger partial charge in [-0.15, -0.1) is 0 Å². The minimum atomic E-state index is -0.808. The first-order chi connectivity index (χ1) is 18.4. The van der Waals surface area contributed by atoms with Gasteiger partial charge < -0.3 is 22.1 Å². The first-order valence-corrected chi connectivity index (χ1v) is 14.3. The molecule has 0 spiro atoms. The lowest BCUT2D eigenvalue weighted by atomic mass is 9.49. The van der Waals surface area contributed by atoms with Crippen LogP contribution in [0.2, 0.25) is 0 Å². The molecule has 2 aliphatic carbocycles. The predicted octanol–water partition coefficient (Wildman–Crippen LogP) is 4.74. The molecule has 2 aromatic heterocycles. The van der Waals surface area contributed by atoms with Crippen molar-refractivity contribution < 1.29 is 9.59 Å². The lowest BCUT2D eigenvalue weighted by molar-refractivity contribution is -0.156. The fraction of sp³-hybridized carbons (Fsp3) is 0.600. The maximum atomic E-state index is 14.4. The number of hydrogen-bond donors (Lipinski definition) is 4. The van der Waals surface area contributed by atoms with E-state index >= 15 is 0 Å². The number of anilines is 2. The van der Waals surface area contributed by atoms with E-state index in [0.717, 1.165) is 38.5 Å². The molecule has 1 unspecified atom stereocenters. The highest BCUT2D eigenvalue weighted by molar-refractivity contribution is 6.04. The zero-order valence-electron chi connectivity index (χ0n) is 22.7. The molecule has 0 aliphatic heterocycles. The van der Waals surface area contributed by atoms with Crippen LogP contribution in [0.5, 0.6) is 0 Å². The smallest absolute Gasteiger partial charge is 0.231 e. The summed E-state index contributed by atoms with van der Waals surface area (Å²) in [6.45, 7) is 3.52. The summed E-state index contributed by atoms with van der Waals surface area (Å²) >= 11 is 0. The van der Waals surface area contributed by atoms with Crippen molar-refractivity contribution in [3.8, 4) is 0 Å². The van der Waals surface area contributed by atoms with E-state index in [-0.39, 0.29) is 11.8 Å². The zero-order chi connectivity index (χ0) is 27.0. The third-order valence-corrected chi connectivity index (χ3v) is 9.50. The van der Waals surface area contributed by atoms with E-state index in [4.69, 9.17) is 11.5 Å². The summed E-state index contributed by atoms with van der Waals surface area (Å²) in [5.74, 6) is 1.30. The van der Waals surface area contributed by atoms with Crippen molar-refractivity contribution in [2.45, 2.75) is 71.1 Å². The lowest BCUT2D eigenvalue weighted by Crippen LogP contribution is -2.59. The third-order valence-electron chi connectivity index (χ3n) is 9.50. The van der Waals surface area contributed by atoms with E-state index in [1.54, 1.807) is 36.9 Å². The van der Waals surface area contributed by atoms with Gasteiger partial charge in [-0.3, -0.25) is 19.6 Å². The standard InChI is InChI=1S/C30H44N6O2/c1-22(21-32)24-6-14-30(15-7-24,28(38)36-26-10-19-34-20-11-26)29(12-4-23(5-13-29)3-2-16-31)27(37)35-25-8-17-33-18-9-25/h8-11,17-20,22-24H,2-7,12-16,21,31-32H2,1H3,(H,33,35,37)(H,34,36,38). The molecule has 0 bridgehead atoms. The van der Waals surface area contributed by atoms with Crippen molar-refractivity contribution in [1.82, 2.24) is 9.97 Å².